The predicted octanol–water partition coefficient (Wildman–Crippen LogP) is 2.72. The summed E-state index contributed by atoms with van der Waals surface area (Å²) < 4.78 is 5.75. The molecule has 4 nitrogen and oxygen atoms in total. The van der Waals surface area contributed by atoms with Crippen LogP contribution in [0.3, 0.4) is 0 Å². The van der Waals surface area contributed by atoms with E-state index in [1.54, 1.807) is 0 Å². The lowest BCUT2D eigenvalue weighted by Crippen LogP contribution is -2.24. The van der Waals surface area contributed by atoms with Crippen LogP contribution in [0, 0.1) is 0 Å². The Bertz CT molecular complexity index is 625. The molecule has 0 radical (unpaired) electrons. The highest BCUT2D eigenvalue weighted by molar-refractivity contribution is 5.99. The van der Waals surface area contributed by atoms with E-state index in [0.717, 1.165) is 22.6 Å². The third-order valence-electron chi connectivity index (χ3n) is 3.27. The Hall–Kier alpha value is -2.33. The molecule has 0 N–H and O–H groups in total. The summed E-state index contributed by atoms with van der Waals surface area (Å²) in [6.45, 7) is 0.515. The SMILES string of the molecule is CON1C(=O)Cc2cc(OCc3ccccc3)ccc21. The highest BCUT2D eigenvalue weighted by Gasteiger charge is 2.27. The van der Waals surface area contributed by atoms with Crippen LogP contribution in [0.25, 0.3) is 0 Å². The fourth-order valence-electron chi connectivity index (χ4n) is 2.30. The van der Waals surface area contributed by atoms with Gasteiger partial charge in [0.25, 0.3) is 5.91 Å². The minimum absolute atomic E-state index is 0.0530. The monoisotopic (exact) mass is 269 g/mol. The van der Waals surface area contributed by atoms with E-state index in [1.165, 1.54) is 12.2 Å². The number of hydroxylamine groups is 1. The standard InChI is InChI=1S/C16H15NO3/c1-19-17-15-8-7-14(9-13(15)10-16(17)18)20-11-12-5-3-2-4-6-12/h2-9H,10-11H2,1H3. The van der Waals surface area contributed by atoms with E-state index in [0.29, 0.717) is 13.0 Å². The minimum Gasteiger partial charge on any atom is -0.489 e. The topological polar surface area (TPSA) is 38.8 Å². The van der Waals surface area contributed by atoms with E-state index in [9.17, 15) is 4.79 Å². The van der Waals surface area contributed by atoms with Crippen molar-refractivity contribution in [2.45, 2.75) is 13.0 Å². The second-order valence-electron chi connectivity index (χ2n) is 4.61. The molecule has 1 aliphatic heterocycles. The number of carbonyl (C=O) groups is 1. The number of nitrogens with zero attached hydrogens (tertiary/aromatic N) is 1. The first-order valence-corrected chi connectivity index (χ1v) is 6.44. The third kappa shape index (κ3) is 2.38. The molecule has 1 aliphatic rings. The van der Waals surface area contributed by atoms with Gasteiger partial charge in [0.05, 0.1) is 19.2 Å². The molecule has 0 saturated carbocycles. The molecule has 0 fully saturated rings. The van der Waals surface area contributed by atoms with E-state index < -0.39 is 0 Å². The second kappa shape index (κ2) is 5.35. The highest BCUT2D eigenvalue weighted by atomic mass is 16.7. The first kappa shape index (κ1) is 12.7. The molecule has 0 aromatic heterocycles. The van der Waals surface area contributed by atoms with Crippen molar-refractivity contribution < 1.29 is 14.4 Å². The Morgan fingerprint density at radius 3 is 2.70 bits per heavy atom. The predicted molar refractivity (Wildman–Crippen MR) is 75.4 cm³/mol. The zero-order valence-corrected chi connectivity index (χ0v) is 11.2. The summed E-state index contributed by atoms with van der Waals surface area (Å²) in [5, 5.41) is 1.32. The Morgan fingerprint density at radius 1 is 1.15 bits per heavy atom. The van der Waals surface area contributed by atoms with Crippen LogP contribution in [0.4, 0.5) is 5.69 Å². The van der Waals surface area contributed by atoms with Crippen LogP contribution < -0.4 is 9.80 Å². The molecule has 0 atom stereocenters. The summed E-state index contributed by atoms with van der Waals surface area (Å²) in [6.07, 6.45) is 0.353. The smallest absolute Gasteiger partial charge is 0.255 e. The minimum atomic E-state index is -0.0530. The van der Waals surface area contributed by atoms with Gasteiger partial charge in [0.15, 0.2) is 0 Å². The first-order chi connectivity index (χ1) is 9.78. The Kier molecular flexibility index (Phi) is 3.39. The van der Waals surface area contributed by atoms with Crippen molar-refractivity contribution in [1.29, 1.82) is 0 Å². The van der Waals surface area contributed by atoms with Crippen molar-refractivity contribution in [3.8, 4) is 5.75 Å². The van der Waals surface area contributed by atoms with Crippen LogP contribution >= 0.6 is 0 Å². The lowest BCUT2D eigenvalue weighted by molar-refractivity contribution is -0.123. The van der Waals surface area contributed by atoms with Gasteiger partial charge in [-0.3, -0.25) is 9.63 Å². The molecule has 0 spiro atoms. The van der Waals surface area contributed by atoms with Crippen LogP contribution in [0.2, 0.25) is 0 Å². The first-order valence-electron chi connectivity index (χ1n) is 6.44. The quantitative estimate of drug-likeness (QED) is 0.856. The van der Waals surface area contributed by atoms with Gasteiger partial charge in [-0.1, -0.05) is 30.3 Å². The molecule has 102 valence electrons. The molecule has 2 aromatic rings. The second-order valence-corrected chi connectivity index (χ2v) is 4.61. The fraction of sp³-hybridized carbons (Fsp3) is 0.188. The lowest BCUT2D eigenvalue weighted by atomic mass is 10.1. The molecular formula is C16H15NO3. The highest BCUT2D eigenvalue weighted by Crippen LogP contribution is 2.32. The molecule has 0 saturated heterocycles. The summed E-state index contributed by atoms with van der Waals surface area (Å²) in [5.41, 5.74) is 2.84. The number of anilines is 1. The van der Waals surface area contributed by atoms with Crippen LogP contribution in [0.1, 0.15) is 11.1 Å². The van der Waals surface area contributed by atoms with Crippen molar-refractivity contribution in [2.75, 3.05) is 12.2 Å². The third-order valence-corrected chi connectivity index (χ3v) is 3.27. The van der Waals surface area contributed by atoms with E-state index in [4.69, 9.17) is 9.57 Å². The number of hydrogen-bond acceptors (Lipinski definition) is 3. The maximum atomic E-state index is 11.7. The average Bonchev–Trinajstić information content (AvgIpc) is 2.80. The summed E-state index contributed by atoms with van der Waals surface area (Å²) in [4.78, 5) is 16.8. The van der Waals surface area contributed by atoms with Gasteiger partial charge in [0, 0.05) is 0 Å². The lowest BCUT2D eigenvalue weighted by Gasteiger charge is -2.13. The molecule has 0 unspecified atom stereocenters. The number of ether oxygens (including phenoxy) is 1. The number of rotatable bonds is 4. The van der Waals surface area contributed by atoms with Gasteiger partial charge in [-0.2, -0.15) is 5.06 Å². The number of amides is 1. The van der Waals surface area contributed by atoms with E-state index in [-0.39, 0.29) is 5.91 Å². The van der Waals surface area contributed by atoms with Gasteiger partial charge in [-0.15, -0.1) is 0 Å². The number of fused-ring (bicyclic) bond motifs is 1. The largest absolute Gasteiger partial charge is 0.489 e. The summed E-state index contributed by atoms with van der Waals surface area (Å²) in [5.74, 6) is 0.709. The molecule has 3 rings (SSSR count). The van der Waals surface area contributed by atoms with Gasteiger partial charge < -0.3 is 4.74 Å². The molecule has 2 aromatic carbocycles. The Balaban J connectivity index is 1.74. The van der Waals surface area contributed by atoms with Gasteiger partial charge in [0.2, 0.25) is 0 Å². The van der Waals surface area contributed by atoms with Crippen LogP contribution in [0.15, 0.2) is 48.5 Å². The normalized spacial score (nSPS) is 13.4. The van der Waals surface area contributed by atoms with Gasteiger partial charge in [-0.25, -0.2) is 0 Å². The molecule has 4 heteroatoms. The zero-order valence-electron chi connectivity index (χ0n) is 11.2. The van der Waals surface area contributed by atoms with Crippen molar-refractivity contribution in [2.24, 2.45) is 0 Å². The van der Waals surface area contributed by atoms with Crippen LogP contribution in [0.5, 0.6) is 5.75 Å². The maximum absolute atomic E-state index is 11.7. The zero-order chi connectivity index (χ0) is 13.9. The molecule has 0 aliphatic carbocycles. The van der Waals surface area contributed by atoms with Crippen LogP contribution in [-0.2, 0) is 22.7 Å². The number of carbonyl (C=O) groups excluding carboxylic acids is 1. The summed E-state index contributed by atoms with van der Waals surface area (Å²) in [7, 11) is 1.49. The average molecular weight is 269 g/mol. The molecule has 1 heterocycles. The molecule has 0 bridgehead atoms. The number of hydrogen-bond donors (Lipinski definition) is 0. The van der Waals surface area contributed by atoms with E-state index in [2.05, 4.69) is 0 Å². The summed E-state index contributed by atoms with van der Waals surface area (Å²) >= 11 is 0. The number of benzene rings is 2. The van der Waals surface area contributed by atoms with Crippen molar-refractivity contribution in [3.05, 3.63) is 59.7 Å². The molecule has 1 amide bonds. The fourth-order valence-corrected chi connectivity index (χ4v) is 2.30. The van der Waals surface area contributed by atoms with Gasteiger partial charge in [0.1, 0.15) is 12.4 Å². The van der Waals surface area contributed by atoms with E-state index >= 15 is 0 Å². The summed E-state index contributed by atoms with van der Waals surface area (Å²) in [6, 6.07) is 15.6. The van der Waals surface area contributed by atoms with Crippen molar-refractivity contribution >= 4 is 11.6 Å². The Labute approximate surface area is 117 Å². The molecular weight excluding hydrogens is 254 g/mol. The van der Waals surface area contributed by atoms with Crippen LogP contribution in [-0.4, -0.2) is 13.0 Å². The van der Waals surface area contributed by atoms with Gasteiger partial charge >= 0.3 is 0 Å². The van der Waals surface area contributed by atoms with Gasteiger partial charge in [-0.05, 0) is 29.3 Å². The Morgan fingerprint density at radius 2 is 1.95 bits per heavy atom. The van der Waals surface area contributed by atoms with Crippen molar-refractivity contribution in [1.82, 2.24) is 0 Å². The van der Waals surface area contributed by atoms with Crippen molar-refractivity contribution in [3.63, 3.8) is 0 Å². The molecule has 20 heavy (non-hydrogen) atoms. The van der Waals surface area contributed by atoms with E-state index in [1.807, 2.05) is 48.5 Å². The maximum Gasteiger partial charge on any atom is 0.255 e.